The minimum absolute atomic E-state index is 0.0356. The van der Waals surface area contributed by atoms with Crippen molar-refractivity contribution in [2.75, 3.05) is 13.7 Å². The fourth-order valence-corrected chi connectivity index (χ4v) is 1.64. The average Bonchev–Trinajstić information content (AvgIpc) is 2.44. The Hall–Kier alpha value is -1.87. The first kappa shape index (κ1) is 15.2. The normalized spacial score (nSPS) is 12.9. The fourth-order valence-electron chi connectivity index (χ4n) is 1.64. The van der Waals surface area contributed by atoms with E-state index in [1.165, 1.54) is 6.08 Å². The lowest BCUT2D eigenvalue weighted by atomic mass is 10.1. The van der Waals surface area contributed by atoms with Gasteiger partial charge in [-0.15, -0.1) is 0 Å². The summed E-state index contributed by atoms with van der Waals surface area (Å²) in [7, 11) is 1.69. The monoisotopic (exact) mass is 260 g/mol. The Balaban J connectivity index is 2.44. The van der Waals surface area contributed by atoms with Crippen molar-refractivity contribution in [3.05, 3.63) is 60.2 Å². The summed E-state index contributed by atoms with van der Waals surface area (Å²) in [6.45, 7) is 2.18. The van der Waals surface area contributed by atoms with Gasteiger partial charge in [0.1, 0.15) is 0 Å². The van der Waals surface area contributed by atoms with Crippen LogP contribution in [0, 0.1) is 0 Å². The lowest BCUT2D eigenvalue weighted by Crippen LogP contribution is -1.99. The van der Waals surface area contributed by atoms with E-state index in [4.69, 9.17) is 9.47 Å². The molecule has 0 aliphatic rings. The number of hydrogen-bond acceptors (Lipinski definition) is 3. The lowest BCUT2D eigenvalue weighted by molar-refractivity contribution is -0.137. The summed E-state index contributed by atoms with van der Waals surface area (Å²) >= 11 is 0. The lowest BCUT2D eigenvalue weighted by Gasteiger charge is -2.13. The Labute approximate surface area is 114 Å². The zero-order valence-corrected chi connectivity index (χ0v) is 11.4. The minimum Gasteiger partial charge on any atom is -0.463 e. The van der Waals surface area contributed by atoms with Gasteiger partial charge in [0.15, 0.2) is 0 Å². The van der Waals surface area contributed by atoms with Crippen LogP contribution in [0.25, 0.3) is 0 Å². The molecule has 1 aromatic carbocycles. The molecule has 1 rings (SSSR count). The van der Waals surface area contributed by atoms with Gasteiger partial charge in [-0.25, -0.2) is 4.79 Å². The first-order valence-electron chi connectivity index (χ1n) is 6.35. The van der Waals surface area contributed by atoms with Crippen LogP contribution in [0.3, 0.4) is 0 Å². The van der Waals surface area contributed by atoms with Crippen molar-refractivity contribution in [2.24, 2.45) is 0 Å². The third kappa shape index (κ3) is 6.02. The summed E-state index contributed by atoms with van der Waals surface area (Å²) in [6, 6.07) is 10.0. The molecule has 0 aromatic heterocycles. The quantitative estimate of drug-likeness (QED) is 0.428. The molecule has 0 amide bonds. The van der Waals surface area contributed by atoms with Gasteiger partial charge in [-0.3, -0.25) is 0 Å². The highest BCUT2D eigenvalue weighted by atomic mass is 16.5. The van der Waals surface area contributed by atoms with Crippen LogP contribution in [0.15, 0.2) is 54.6 Å². The number of carbonyl (C=O) groups excluding carboxylic acids is 1. The molecule has 0 N–H and O–H groups in total. The molecule has 0 saturated heterocycles. The Morgan fingerprint density at radius 2 is 2.00 bits per heavy atom. The van der Waals surface area contributed by atoms with Crippen LogP contribution in [0.5, 0.6) is 0 Å². The molecule has 0 saturated carbocycles. The number of carbonyl (C=O) groups is 1. The zero-order valence-electron chi connectivity index (χ0n) is 11.4. The molecule has 3 nitrogen and oxygen atoms in total. The third-order valence-corrected chi connectivity index (χ3v) is 2.57. The summed E-state index contributed by atoms with van der Waals surface area (Å²) in [5, 5.41) is 0. The van der Waals surface area contributed by atoms with E-state index in [2.05, 4.69) is 0 Å². The maximum Gasteiger partial charge on any atom is 0.330 e. The maximum atomic E-state index is 11.1. The second-order valence-electron chi connectivity index (χ2n) is 3.91. The highest BCUT2D eigenvalue weighted by Gasteiger charge is 2.06. The van der Waals surface area contributed by atoms with Gasteiger partial charge in [-0.05, 0) is 18.9 Å². The van der Waals surface area contributed by atoms with Gasteiger partial charge >= 0.3 is 5.97 Å². The van der Waals surface area contributed by atoms with E-state index in [1.54, 1.807) is 20.1 Å². The molecule has 102 valence electrons. The predicted molar refractivity (Wildman–Crippen MR) is 75.7 cm³/mol. The number of ether oxygens (including phenoxy) is 2. The maximum absolute atomic E-state index is 11.1. The Bertz CT molecular complexity index is 421. The molecule has 0 spiro atoms. The SMILES string of the molecule is CCOC(=O)C=CC=CCC(OC)c1ccccc1. The standard InChI is InChI=1S/C16H20O3/c1-3-19-16(17)13-9-5-8-12-15(18-2)14-10-6-4-7-11-14/h4-11,13,15H,3,12H2,1-2H3. The van der Waals surface area contributed by atoms with Crippen molar-refractivity contribution in [2.45, 2.75) is 19.4 Å². The molecule has 19 heavy (non-hydrogen) atoms. The Kier molecular flexibility index (Phi) is 7.28. The molecular formula is C16H20O3. The van der Waals surface area contributed by atoms with Crippen LogP contribution >= 0.6 is 0 Å². The van der Waals surface area contributed by atoms with Gasteiger partial charge in [0.2, 0.25) is 0 Å². The van der Waals surface area contributed by atoms with E-state index < -0.39 is 0 Å². The van der Waals surface area contributed by atoms with Gasteiger partial charge in [-0.1, -0.05) is 48.6 Å². The molecule has 0 fully saturated rings. The summed E-state index contributed by atoms with van der Waals surface area (Å²) in [6.07, 6.45) is 7.67. The number of esters is 1. The molecular weight excluding hydrogens is 240 g/mol. The summed E-state index contributed by atoms with van der Waals surface area (Å²) in [4.78, 5) is 11.1. The molecule has 0 aliphatic heterocycles. The number of hydrogen-bond donors (Lipinski definition) is 0. The van der Waals surface area contributed by atoms with E-state index in [0.29, 0.717) is 6.61 Å². The van der Waals surface area contributed by atoms with Crippen LogP contribution in [-0.2, 0) is 14.3 Å². The van der Waals surface area contributed by atoms with Crippen molar-refractivity contribution in [1.29, 1.82) is 0 Å². The highest BCUT2D eigenvalue weighted by molar-refractivity contribution is 5.82. The fraction of sp³-hybridized carbons (Fsp3) is 0.312. The van der Waals surface area contributed by atoms with E-state index in [1.807, 2.05) is 42.5 Å². The van der Waals surface area contributed by atoms with Crippen LogP contribution < -0.4 is 0 Å². The second kappa shape index (κ2) is 9.11. The van der Waals surface area contributed by atoms with E-state index in [0.717, 1.165) is 12.0 Å². The summed E-state index contributed by atoms with van der Waals surface area (Å²) in [5.74, 6) is -0.321. The molecule has 1 atom stereocenters. The minimum atomic E-state index is -0.321. The zero-order chi connectivity index (χ0) is 13.9. The van der Waals surface area contributed by atoms with E-state index in [9.17, 15) is 4.79 Å². The molecule has 0 bridgehead atoms. The van der Waals surface area contributed by atoms with Crippen molar-refractivity contribution in [3.63, 3.8) is 0 Å². The second-order valence-corrected chi connectivity index (χ2v) is 3.91. The topological polar surface area (TPSA) is 35.5 Å². The highest BCUT2D eigenvalue weighted by Crippen LogP contribution is 2.20. The summed E-state index contributed by atoms with van der Waals surface area (Å²) in [5.41, 5.74) is 1.14. The van der Waals surface area contributed by atoms with Crippen LogP contribution in [0.1, 0.15) is 25.0 Å². The van der Waals surface area contributed by atoms with E-state index in [-0.39, 0.29) is 12.1 Å². The molecule has 0 heterocycles. The first-order chi connectivity index (χ1) is 9.27. The molecule has 0 aliphatic carbocycles. The van der Waals surface area contributed by atoms with Crippen molar-refractivity contribution < 1.29 is 14.3 Å². The van der Waals surface area contributed by atoms with Crippen LogP contribution in [0.2, 0.25) is 0 Å². The van der Waals surface area contributed by atoms with Crippen LogP contribution in [0.4, 0.5) is 0 Å². The molecule has 3 heteroatoms. The van der Waals surface area contributed by atoms with E-state index >= 15 is 0 Å². The molecule has 1 unspecified atom stereocenters. The van der Waals surface area contributed by atoms with Gasteiger partial charge in [-0.2, -0.15) is 0 Å². The largest absolute Gasteiger partial charge is 0.463 e. The van der Waals surface area contributed by atoms with Gasteiger partial charge in [0, 0.05) is 13.2 Å². The first-order valence-corrected chi connectivity index (χ1v) is 6.35. The third-order valence-electron chi connectivity index (χ3n) is 2.57. The number of allylic oxidation sites excluding steroid dienone is 2. The molecule has 0 radical (unpaired) electrons. The Morgan fingerprint density at radius 3 is 2.63 bits per heavy atom. The molecule has 1 aromatic rings. The van der Waals surface area contributed by atoms with Crippen LogP contribution in [-0.4, -0.2) is 19.7 Å². The Morgan fingerprint density at radius 1 is 1.26 bits per heavy atom. The van der Waals surface area contributed by atoms with Gasteiger partial charge in [0.05, 0.1) is 12.7 Å². The smallest absolute Gasteiger partial charge is 0.330 e. The number of methoxy groups -OCH3 is 1. The van der Waals surface area contributed by atoms with Gasteiger partial charge in [0.25, 0.3) is 0 Å². The van der Waals surface area contributed by atoms with Crippen molar-refractivity contribution >= 4 is 5.97 Å². The number of benzene rings is 1. The van der Waals surface area contributed by atoms with Crippen molar-refractivity contribution in [3.8, 4) is 0 Å². The average molecular weight is 260 g/mol. The number of rotatable bonds is 7. The predicted octanol–water partition coefficient (Wildman–Crippen LogP) is 3.44. The van der Waals surface area contributed by atoms with Gasteiger partial charge < -0.3 is 9.47 Å². The summed E-state index contributed by atoms with van der Waals surface area (Å²) < 4.78 is 10.2. The van der Waals surface area contributed by atoms with Crippen molar-refractivity contribution in [1.82, 2.24) is 0 Å².